The Morgan fingerprint density at radius 2 is 1.66 bits per heavy atom. The third-order valence-corrected chi connectivity index (χ3v) is 6.69. The molecule has 0 saturated heterocycles. The van der Waals surface area contributed by atoms with Crippen LogP contribution >= 0.6 is 11.8 Å². The van der Waals surface area contributed by atoms with Crippen molar-refractivity contribution in [2.75, 3.05) is 0 Å². The lowest BCUT2D eigenvalue weighted by Gasteiger charge is -2.18. The number of aromatic nitrogens is 3. The zero-order valence-electron chi connectivity index (χ0n) is 17.7. The summed E-state index contributed by atoms with van der Waals surface area (Å²) in [6.45, 7) is 1.94. The fourth-order valence-electron chi connectivity index (χ4n) is 3.84. The first-order valence-corrected chi connectivity index (χ1v) is 11.6. The van der Waals surface area contributed by atoms with Gasteiger partial charge in [-0.25, -0.2) is 13.8 Å². The molecule has 4 rings (SSSR count). The van der Waals surface area contributed by atoms with Gasteiger partial charge in [0.1, 0.15) is 23.0 Å². The average Bonchev–Trinajstić information content (AvgIpc) is 3.30. The van der Waals surface area contributed by atoms with Crippen molar-refractivity contribution < 1.29 is 13.6 Å². The van der Waals surface area contributed by atoms with Crippen LogP contribution in [0.25, 0.3) is 22.5 Å². The number of amides is 1. The van der Waals surface area contributed by atoms with E-state index >= 15 is 0 Å². The van der Waals surface area contributed by atoms with Crippen LogP contribution in [0, 0.1) is 11.6 Å². The Labute approximate surface area is 190 Å². The van der Waals surface area contributed by atoms with Gasteiger partial charge in [-0.05, 0) is 43.5 Å². The molecule has 0 radical (unpaired) electrons. The van der Waals surface area contributed by atoms with Crippen molar-refractivity contribution in [1.29, 1.82) is 0 Å². The van der Waals surface area contributed by atoms with Crippen molar-refractivity contribution in [3.63, 3.8) is 0 Å². The predicted octanol–water partition coefficient (Wildman–Crippen LogP) is 5.41. The van der Waals surface area contributed by atoms with E-state index in [2.05, 4.69) is 20.5 Å². The molecule has 8 heteroatoms. The van der Waals surface area contributed by atoms with Gasteiger partial charge in [0.25, 0.3) is 0 Å². The summed E-state index contributed by atoms with van der Waals surface area (Å²) in [4.78, 5) is 17.4. The van der Waals surface area contributed by atoms with Crippen LogP contribution in [0.2, 0.25) is 0 Å². The van der Waals surface area contributed by atoms with Crippen LogP contribution in [-0.4, -0.2) is 32.4 Å². The first kappa shape index (κ1) is 22.3. The van der Waals surface area contributed by atoms with Gasteiger partial charge in [0, 0.05) is 17.2 Å². The summed E-state index contributed by atoms with van der Waals surface area (Å²) in [5, 5.41) is 11.6. The van der Waals surface area contributed by atoms with E-state index in [9.17, 15) is 13.6 Å². The first-order valence-electron chi connectivity index (χ1n) is 10.8. The van der Waals surface area contributed by atoms with E-state index in [0.29, 0.717) is 34.1 Å². The lowest BCUT2D eigenvalue weighted by atomic mass is 10.0. The number of hydrogen-bond donors (Lipinski definition) is 1. The minimum Gasteiger partial charge on any atom is -0.352 e. The van der Waals surface area contributed by atoms with Crippen LogP contribution in [0.5, 0.6) is 0 Å². The number of thioether (sulfide) groups is 1. The average molecular weight is 455 g/mol. The smallest absolute Gasteiger partial charge is 0.233 e. The summed E-state index contributed by atoms with van der Waals surface area (Å²) in [6.07, 6.45) is 4.91. The van der Waals surface area contributed by atoms with Crippen LogP contribution in [0.3, 0.4) is 0 Å². The van der Waals surface area contributed by atoms with E-state index in [4.69, 9.17) is 0 Å². The zero-order valence-corrected chi connectivity index (χ0v) is 18.5. The van der Waals surface area contributed by atoms with E-state index in [1.54, 1.807) is 24.3 Å². The topological polar surface area (TPSA) is 67.8 Å². The first-order chi connectivity index (χ1) is 15.5. The molecule has 0 bridgehead atoms. The monoisotopic (exact) mass is 454 g/mol. The predicted molar refractivity (Wildman–Crippen MR) is 121 cm³/mol. The van der Waals surface area contributed by atoms with Gasteiger partial charge in [0.15, 0.2) is 0 Å². The molecule has 1 fully saturated rings. The number of benzene rings is 2. The lowest BCUT2D eigenvalue weighted by molar-refractivity contribution is -0.121. The molecule has 1 heterocycles. The van der Waals surface area contributed by atoms with Crippen molar-refractivity contribution in [2.24, 2.45) is 0 Å². The highest BCUT2D eigenvalue weighted by atomic mass is 32.2. The molecule has 1 unspecified atom stereocenters. The number of nitrogens with zero attached hydrogens (tertiary/aromatic N) is 3. The minimum atomic E-state index is -0.414. The molecule has 1 aliphatic rings. The Bertz CT molecular complexity index is 1100. The normalized spacial score (nSPS) is 15.0. The van der Waals surface area contributed by atoms with Gasteiger partial charge in [-0.3, -0.25) is 4.79 Å². The maximum Gasteiger partial charge on any atom is 0.233 e. The van der Waals surface area contributed by atoms with Gasteiger partial charge in [-0.2, -0.15) is 0 Å². The Morgan fingerprint density at radius 1 is 1.03 bits per heavy atom. The van der Waals surface area contributed by atoms with Crippen molar-refractivity contribution in [2.45, 2.75) is 55.5 Å². The fourth-order valence-corrected chi connectivity index (χ4v) is 4.67. The van der Waals surface area contributed by atoms with Crippen LogP contribution in [-0.2, 0) is 4.79 Å². The maximum atomic E-state index is 13.9. The Kier molecular flexibility index (Phi) is 7.09. The second-order valence-electron chi connectivity index (χ2n) is 7.82. The molecule has 1 aromatic heterocycles. The summed E-state index contributed by atoms with van der Waals surface area (Å²) >= 11 is 1.24. The molecule has 1 N–H and O–H groups in total. The minimum absolute atomic E-state index is 0.0329. The largest absolute Gasteiger partial charge is 0.352 e. The Morgan fingerprint density at radius 3 is 2.25 bits per heavy atom. The number of halogens is 2. The third-order valence-electron chi connectivity index (χ3n) is 5.48. The highest BCUT2D eigenvalue weighted by Crippen LogP contribution is 2.32. The quantitative estimate of drug-likeness (QED) is 0.483. The highest BCUT2D eigenvalue weighted by Gasteiger charge is 2.25. The van der Waals surface area contributed by atoms with Gasteiger partial charge in [-0.1, -0.05) is 55.8 Å². The Balaban J connectivity index is 1.66. The molecule has 0 spiro atoms. The molecule has 1 saturated carbocycles. The van der Waals surface area contributed by atoms with Crippen molar-refractivity contribution in [3.05, 3.63) is 60.2 Å². The SMILES string of the molecule is CCC(Sc1nnc(-c2cccc(F)c2)c(-c2cccc(F)c2)n1)C(=O)NC1CCCC1. The zero-order chi connectivity index (χ0) is 22.5. The number of hydrogen-bond acceptors (Lipinski definition) is 5. The third kappa shape index (κ3) is 5.30. The second kappa shape index (κ2) is 10.2. The summed E-state index contributed by atoms with van der Waals surface area (Å²) in [5.41, 5.74) is 1.73. The molecule has 1 aliphatic carbocycles. The van der Waals surface area contributed by atoms with Gasteiger partial charge >= 0.3 is 0 Å². The molecule has 166 valence electrons. The molecule has 0 aliphatic heterocycles. The van der Waals surface area contributed by atoms with E-state index < -0.39 is 11.6 Å². The van der Waals surface area contributed by atoms with E-state index in [1.807, 2.05) is 6.92 Å². The number of carbonyl (C=O) groups is 1. The van der Waals surface area contributed by atoms with Crippen LogP contribution in [0.15, 0.2) is 53.7 Å². The standard InChI is InChI=1S/C24H24F2N4OS/c1-2-20(23(31)27-19-11-3-4-12-19)32-24-28-21(15-7-5-9-17(25)13-15)22(29-30-24)16-8-6-10-18(26)14-16/h5-10,13-14,19-20H,2-4,11-12H2,1H3,(H,27,31). The molecule has 1 atom stereocenters. The molecule has 3 aromatic rings. The summed E-state index contributed by atoms with van der Waals surface area (Å²) in [7, 11) is 0. The van der Waals surface area contributed by atoms with E-state index in [1.165, 1.54) is 36.0 Å². The van der Waals surface area contributed by atoms with Gasteiger partial charge < -0.3 is 5.32 Å². The van der Waals surface area contributed by atoms with E-state index in [-0.39, 0.29) is 17.2 Å². The molecular weight excluding hydrogens is 430 g/mol. The van der Waals surface area contributed by atoms with Gasteiger partial charge in [-0.15, -0.1) is 10.2 Å². The second-order valence-corrected chi connectivity index (χ2v) is 8.99. The molecular formula is C24H24F2N4OS. The molecule has 32 heavy (non-hydrogen) atoms. The van der Waals surface area contributed by atoms with Gasteiger partial charge in [0.2, 0.25) is 11.1 Å². The van der Waals surface area contributed by atoms with Crippen molar-refractivity contribution in [1.82, 2.24) is 20.5 Å². The summed E-state index contributed by atoms with van der Waals surface area (Å²) in [6, 6.07) is 12.2. The lowest BCUT2D eigenvalue weighted by Crippen LogP contribution is -2.38. The summed E-state index contributed by atoms with van der Waals surface area (Å²) < 4.78 is 27.8. The highest BCUT2D eigenvalue weighted by molar-refractivity contribution is 8.00. The van der Waals surface area contributed by atoms with Crippen LogP contribution in [0.4, 0.5) is 8.78 Å². The van der Waals surface area contributed by atoms with Crippen LogP contribution < -0.4 is 5.32 Å². The Hall–Kier alpha value is -2.87. The summed E-state index contributed by atoms with van der Waals surface area (Å²) in [5.74, 6) is -0.861. The van der Waals surface area contributed by atoms with Crippen molar-refractivity contribution in [3.8, 4) is 22.5 Å². The molecule has 5 nitrogen and oxygen atoms in total. The number of carbonyl (C=O) groups excluding carboxylic acids is 1. The number of nitrogens with one attached hydrogen (secondary N) is 1. The van der Waals surface area contributed by atoms with Gasteiger partial charge in [0.05, 0.1) is 5.25 Å². The molecule has 2 aromatic carbocycles. The fraction of sp³-hybridized carbons (Fsp3) is 0.333. The van der Waals surface area contributed by atoms with Crippen LogP contribution in [0.1, 0.15) is 39.0 Å². The number of rotatable bonds is 7. The van der Waals surface area contributed by atoms with E-state index in [0.717, 1.165) is 25.7 Å². The van der Waals surface area contributed by atoms with Crippen molar-refractivity contribution >= 4 is 17.7 Å². The maximum absolute atomic E-state index is 13.9. The molecule has 1 amide bonds.